The Morgan fingerprint density at radius 2 is 2.21 bits per heavy atom. The second kappa shape index (κ2) is 5.79. The highest BCUT2D eigenvalue weighted by Crippen LogP contribution is 2.19. The minimum Gasteiger partial charge on any atom is -0.508 e. The topological polar surface area (TPSA) is 75.1 Å². The molecule has 0 unspecified atom stereocenters. The molecule has 6 heteroatoms. The summed E-state index contributed by atoms with van der Waals surface area (Å²) in [4.78, 5) is 11.9. The molecule has 2 rings (SSSR count). The molecule has 2 N–H and O–H groups in total. The third kappa shape index (κ3) is 3.75. The predicted molar refractivity (Wildman–Crippen MR) is 74.5 cm³/mol. The predicted octanol–water partition coefficient (Wildman–Crippen LogP) is 2.69. The number of carbonyl (C=O) groups is 1. The van der Waals surface area contributed by atoms with Crippen LogP contribution in [0.15, 0.2) is 24.3 Å². The summed E-state index contributed by atoms with van der Waals surface area (Å²) in [5, 5.41) is 21.3. The Bertz CT molecular complexity index is 581. The first-order chi connectivity index (χ1) is 9.04. The number of aromatic hydroxyl groups is 1. The highest BCUT2D eigenvalue weighted by molar-refractivity contribution is 7.15. The number of benzene rings is 1. The van der Waals surface area contributed by atoms with Crippen molar-refractivity contribution in [3.8, 4) is 5.75 Å². The zero-order valence-corrected chi connectivity index (χ0v) is 11.6. The van der Waals surface area contributed by atoms with Crippen molar-refractivity contribution in [3.05, 3.63) is 34.8 Å². The maximum Gasteiger partial charge on any atom is 0.257 e. The van der Waals surface area contributed by atoms with Gasteiger partial charge in [-0.1, -0.05) is 31.3 Å². The van der Waals surface area contributed by atoms with Gasteiger partial charge in [0, 0.05) is 12.0 Å². The summed E-state index contributed by atoms with van der Waals surface area (Å²) in [6.45, 7) is 4.21. The van der Waals surface area contributed by atoms with Gasteiger partial charge in [0.25, 0.3) is 5.91 Å². The normalized spacial score (nSPS) is 10.7. The fourth-order valence-electron chi connectivity index (χ4n) is 1.55. The minimum atomic E-state index is -0.303. The number of anilines is 1. The maximum atomic E-state index is 11.9. The van der Waals surface area contributed by atoms with Crippen molar-refractivity contribution >= 4 is 22.4 Å². The Morgan fingerprint density at radius 1 is 1.42 bits per heavy atom. The molecule has 1 heterocycles. The molecule has 0 bridgehead atoms. The van der Waals surface area contributed by atoms with Crippen LogP contribution >= 0.6 is 11.3 Å². The van der Waals surface area contributed by atoms with Gasteiger partial charge in [-0.25, -0.2) is 0 Å². The van der Waals surface area contributed by atoms with E-state index in [1.165, 1.54) is 23.5 Å². The van der Waals surface area contributed by atoms with Crippen LogP contribution in [0.2, 0.25) is 0 Å². The zero-order chi connectivity index (χ0) is 13.8. The second-order valence-corrected chi connectivity index (χ2v) is 5.67. The van der Waals surface area contributed by atoms with E-state index in [0.717, 1.165) is 11.4 Å². The molecular weight excluding hydrogens is 262 g/mol. The Morgan fingerprint density at radius 3 is 2.89 bits per heavy atom. The number of nitrogens with one attached hydrogen (secondary N) is 1. The summed E-state index contributed by atoms with van der Waals surface area (Å²) in [6.07, 6.45) is 0.847. The fraction of sp³-hybridized carbons (Fsp3) is 0.308. The summed E-state index contributed by atoms with van der Waals surface area (Å²) in [7, 11) is 0. The molecule has 1 aromatic heterocycles. The van der Waals surface area contributed by atoms with Crippen molar-refractivity contribution in [3.63, 3.8) is 0 Å². The molecule has 0 aliphatic rings. The molecule has 1 amide bonds. The monoisotopic (exact) mass is 277 g/mol. The number of carbonyl (C=O) groups excluding carboxylic acids is 1. The van der Waals surface area contributed by atoms with Crippen LogP contribution in [0.4, 0.5) is 5.13 Å². The van der Waals surface area contributed by atoms with Crippen LogP contribution < -0.4 is 5.32 Å². The number of aromatic nitrogens is 2. The molecule has 0 fully saturated rings. The Kier molecular flexibility index (Phi) is 4.11. The molecule has 1 aromatic carbocycles. The van der Waals surface area contributed by atoms with E-state index in [2.05, 4.69) is 29.4 Å². The summed E-state index contributed by atoms with van der Waals surface area (Å²) >= 11 is 1.37. The Labute approximate surface area is 115 Å². The number of rotatable bonds is 4. The van der Waals surface area contributed by atoms with Crippen LogP contribution in [-0.2, 0) is 6.42 Å². The highest BCUT2D eigenvalue weighted by Gasteiger charge is 2.11. The van der Waals surface area contributed by atoms with Crippen molar-refractivity contribution in [2.75, 3.05) is 5.32 Å². The van der Waals surface area contributed by atoms with E-state index in [1.807, 2.05) is 0 Å². The maximum absolute atomic E-state index is 11.9. The zero-order valence-electron chi connectivity index (χ0n) is 10.8. The van der Waals surface area contributed by atoms with Crippen LogP contribution in [-0.4, -0.2) is 21.2 Å². The van der Waals surface area contributed by atoms with Gasteiger partial charge in [-0.2, -0.15) is 0 Å². The van der Waals surface area contributed by atoms with Crippen molar-refractivity contribution in [1.82, 2.24) is 10.2 Å². The van der Waals surface area contributed by atoms with Crippen LogP contribution in [0.3, 0.4) is 0 Å². The van der Waals surface area contributed by atoms with Crippen molar-refractivity contribution in [2.45, 2.75) is 20.3 Å². The lowest BCUT2D eigenvalue weighted by Gasteiger charge is -2.01. The lowest BCUT2D eigenvalue weighted by molar-refractivity contribution is 0.102. The van der Waals surface area contributed by atoms with Gasteiger partial charge >= 0.3 is 0 Å². The standard InChI is InChI=1S/C13H15N3O2S/c1-8(2)6-11-15-16-13(19-11)14-12(18)9-4-3-5-10(17)7-9/h3-5,7-8,17H,6H2,1-2H3,(H,14,16,18). The molecule has 0 aliphatic heterocycles. The number of phenolic OH excluding ortho intramolecular Hbond substituents is 1. The van der Waals surface area contributed by atoms with Gasteiger partial charge in [0.1, 0.15) is 10.8 Å². The highest BCUT2D eigenvalue weighted by atomic mass is 32.1. The van der Waals surface area contributed by atoms with Crippen molar-refractivity contribution < 1.29 is 9.90 Å². The molecule has 0 saturated heterocycles. The summed E-state index contributed by atoms with van der Waals surface area (Å²) in [6, 6.07) is 6.17. The van der Waals surface area contributed by atoms with Gasteiger partial charge in [0.15, 0.2) is 0 Å². The lowest BCUT2D eigenvalue weighted by Crippen LogP contribution is -2.11. The van der Waals surface area contributed by atoms with E-state index in [0.29, 0.717) is 16.6 Å². The summed E-state index contributed by atoms with van der Waals surface area (Å²) in [5.74, 6) is 0.260. The Hall–Kier alpha value is -1.95. The van der Waals surface area contributed by atoms with Crippen LogP contribution in [0.5, 0.6) is 5.75 Å². The summed E-state index contributed by atoms with van der Waals surface area (Å²) < 4.78 is 0. The van der Waals surface area contributed by atoms with E-state index < -0.39 is 0 Å². The number of amides is 1. The molecular formula is C13H15N3O2S. The van der Waals surface area contributed by atoms with Crippen molar-refractivity contribution in [2.24, 2.45) is 5.92 Å². The molecule has 19 heavy (non-hydrogen) atoms. The molecule has 0 aliphatic carbocycles. The average molecular weight is 277 g/mol. The molecule has 100 valence electrons. The number of hydrogen-bond acceptors (Lipinski definition) is 5. The molecule has 0 atom stereocenters. The van der Waals surface area contributed by atoms with E-state index in [-0.39, 0.29) is 11.7 Å². The molecule has 0 spiro atoms. The fourth-order valence-corrected chi connectivity index (χ4v) is 2.50. The summed E-state index contributed by atoms with van der Waals surface area (Å²) in [5.41, 5.74) is 0.389. The average Bonchev–Trinajstić information content (AvgIpc) is 2.75. The van der Waals surface area contributed by atoms with Gasteiger partial charge in [-0.05, 0) is 24.1 Å². The Balaban J connectivity index is 2.05. The van der Waals surface area contributed by atoms with Gasteiger partial charge in [-0.15, -0.1) is 10.2 Å². The first-order valence-corrected chi connectivity index (χ1v) is 6.79. The van der Waals surface area contributed by atoms with E-state index in [9.17, 15) is 9.90 Å². The minimum absolute atomic E-state index is 0.0606. The number of nitrogens with zero attached hydrogens (tertiary/aromatic N) is 2. The van der Waals surface area contributed by atoms with Gasteiger partial charge in [-0.3, -0.25) is 10.1 Å². The largest absolute Gasteiger partial charge is 0.508 e. The van der Waals surface area contributed by atoms with E-state index >= 15 is 0 Å². The van der Waals surface area contributed by atoms with Crippen molar-refractivity contribution in [1.29, 1.82) is 0 Å². The molecule has 2 aromatic rings. The van der Waals surface area contributed by atoms with Gasteiger partial charge < -0.3 is 5.11 Å². The quantitative estimate of drug-likeness (QED) is 0.901. The molecule has 0 radical (unpaired) electrons. The van der Waals surface area contributed by atoms with Gasteiger partial charge in [0.05, 0.1) is 0 Å². The van der Waals surface area contributed by atoms with Crippen LogP contribution in [0.25, 0.3) is 0 Å². The number of hydrogen-bond donors (Lipinski definition) is 2. The van der Waals surface area contributed by atoms with Crippen LogP contribution in [0.1, 0.15) is 29.2 Å². The van der Waals surface area contributed by atoms with Crippen LogP contribution in [0, 0.1) is 5.92 Å². The van der Waals surface area contributed by atoms with E-state index in [1.54, 1.807) is 12.1 Å². The molecule has 0 saturated carbocycles. The first-order valence-electron chi connectivity index (χ1n) is 5.97. The lowest BCUT2D eigenvalue weighted by atomic mass is 10.1. The second-order valence-electron chi connectivity index (χ2n) is 4.60. The first kappa shape index (κ1) is 13.5. The smallest absolute Gasteiger partial charge is 0.257 e. The SMILES string of the molecule is CC(C)Cc1nnc(NC(=O)c2cccc(O)c2)s1. The third-order valence-corrected chi connectivity index (χ3v) is 3.24. The third-order valence-electron chi connectivity index (χ3n) is 2.38. The molecule has 5 nitrogen and oxygen atoms in total. The number of phenols is 1. The van der Waals surface area contributed by atoms with Gasteiger partial charge in [0.2, 0.25) is 5.13 Å². The van der Waals surface area contributed by atoms with E-state index in [4.69, 9.17) is 0 Å².